The van der Waals surface area contributed by atoms with Crippen molar-refractivity contribution in [1.82, 2.24) is 10.7 Å². The Balaban J connectivity index is 1.73. The maximum atomic E-state index is 12.5. The van der Waals surface area contributed by atoms with Gasteiger partial charge >= 0.3 is 0 Å². The van der Waals surface area contributed by atoms with Crippen LogP contribution in [0.2, 0.25) is 0 Å². The summed E-state index contributed by atoms with van der Waals surface area (Å²) >= 11 is 0. The van der Waals surface area contributed by atoms with Crippen LogP contribution in [0.15, 0.2) is 33.8 Å². The fourth-order valence-electron chi connectivity index (χ4n) is 3.41. The zero-order valence-corrected chi connectivity index (χ0v) is 17.4. The van der Waals surface area contributed by atoms with Crippen LogP contribution < -0.4 is 10.7 Å². The fraction of sp³-hybridized carbons (Fsp3) is 0.381. The van der Waals surface area contributed by atoms with Gasteiger partial charge < -0.3 is 14.5 Å². The van der Waals surface area contributed by atoms with Crippen LogP contribution in [-0.2, 0) is 11.2 Å². The maximum absolute atomic E-state index is 12.5. The Kier molecular flexibility index (Phi) is 7.14. The highest BCUT2D eigenvalue weighted by atomic mass is 16.6. The molecule has 164 valence electrons. The molecule has 0 radical (unpaired) electrons. The highest BCUT2D eigenvalue weighted by Gasteiger charge is 2.28. The van der Waals surface area contributed by atoms with Gasteiger partial charge in [0, 0.05) is 55.5 Å². The van der Waals surface area contributed by atoms with Crippen molar-refractivity contribution in [2.45, 2.75) is 32.6 Å². The van der Waals surface area contributed by atoms with Crippen molar-refractivity contribution in [3.63, 3.8) is 0 Å². The minimum Gasteiger partial charge on any atom is -0.455 e. The van der Waals surface area contributed by atoms with E-state index >= 15 is 0 Å². The van der Waals surface area contributed by atoms with Crippen LogP contribution in [0.25, 0.3) is 0 Å². The molecule has 0 bridgehead atoms. The average Bonchev–Trinajstić information content (AvgIpc) is 3.12. The minimum atomic E-state index is -0.529. The van der Waals surface area contributed by atoms with Gasteiger partial charge in [-0.25, -0.2) is 5.43 Å². The fourth-order valence-corrected chi connectivity index (χ4v) is 3.41. The molecule has 2 N–H and O–H groups in total. The summed E-state index contributed by atoms with van der Waals surface area (Å²) in [5, 5.41) is 17.8. The van der Waals surface area contributed by atoms with Gasteiger partial charge in [-0.05, 0) is 38.3 Å². The number of hydrogen-bond donors (Lipinski definition) is 2. The van der Waals surface area contributed by atoms with Gasteiger partial charge in [0.2, 0.25) is 0 Å². The third kappa shape index (κ3) is 5.15. The summed E-state index contributed by atoms with van der Waals surface area (Å²) in [6, 6.07) is 5.27. The molecule has 1 aliphatic carbocycles. The molecule has 1 aromatic heterocycles. The number of rotatable bonds is 8. The van der Waals surface area contributed by atoms with Gasteiger partial charge in [0.1, 0.15) is 5.76 Å². The van der Waals surface area contributed by atoms with Crippen LogP contribution in [-0.4, -0.2) is 42.7 Å². The van der Waals surface area contributed by atoms with Gasteiger partial charge in [0.15, 0.2) is 5.76 Å². The van der Waals surface area contributed by atoms with Gasteiger partial charge in [-0.1, -0.05) is 0 Å². The highest BCUT2D eigenvalue weighted by Crippen LogP contribution is 2.29. The molecule has 3 rings (SSSR count). The minimum absolute atomic E-state index is 0.0955. The Morgan fingerprint density at radius 3 is 2.65 bits per heavy atom. The Morgan fingerprint density at radius 1 is 1.23 bits per heavy atom. The lowest BCUT2D eigenvalue weighted by molar-refractivity contribution is -0.384. The van der Waals surface area contributed by atoms with Crippen LogP contribution in [0, 0.1) is 17.0 Å². The first kappa shape index (κ1) is 22.2. The molecule has 0 spiro atoms. The first-order chi connectivity index (χ1) is 14.9. The highest BCUT2D eigenvalue weighted by molar-refractivity contribution is 6.07. The number of furan rings is 1. The smallest absolute Gasteiger partial charge is 0.287 e. The van der Waals surface area contributed by atoms with E-state index in [1.807, 2.05) is 0 Å². The lowest BCUT2D eigenvalue weighted by Gasteiger charge is -2.13. The first-order valence-corrected chi connectivity index (χ1v) is 9.93. The largest absolute Gasteiger partial charge is 0.455 e. The van der Waals surface area contributed by atoms with Gasteiger partial charge in [-0.15, -0.1) is 0 Å². The summed E-state index contributed by atoms with van der Waals surface area (Å²) in [6.07, 6.45) is 2.79. The van der Waals surface area contributed by atoms with E-state index < -0.39 is 10.8 Å². The molecule has 0 saturated carbocycles. The summed E-state index contributed by atoms with van der Waals surface area (Å²) < 4.78 is 10.8. The topological polar surface area (TPSA) is 136 Å². The Bertz CT molecular complexity index is 1010. The van der Waals surface area contributed by atoms with Crippen LogP contribution in [0.1, 0.15) is 57.1 Å². The number of carbonyl (C=O) groups excluding carboxylic acids is 2. The van der Waals surface area contributed by atoms with Gasteiger partial charge in [-0.3, -0.25) is 19.7 Å². The van der Waals surface area contributed by atoms with Crippen molar-refractivity contribution in [2.75, 3.05) is 20.3 Å². The molecule has 1 aliphatic rings. The number of ether oxygens (including phenoxy) is 1. The zero-order chi connectivity index (χ0) is 22.4. The summed E-state index contributed by atoms with van der Waals surface area (Å²) in [5.41, 5.74) is 4.72. The second-order valence-electron chi connectivity index (χ2n) is 7.11. The number of carbonyl (C=O) groups is 2. The lowest BCUT2D eigenvalue weighted by atomic mass is 9.93. The molecule has 10 nitrogen and oxygen atoms in total. The SMILES string of the molecule is COCCCNC(=O)c1oc2c(c1C)/C(=N/NC(=O)c1ccc([N+](=O)[O-])cc1)CCC2. The normalized spacial score (nSPS) is 14.2. The van der Waals surface area contributed by atoms with Crippen molar-refractivity contribution in [1.29, 1.82) is 0 Å². The Morgan fingerprint density at radius 2 is 1.97 bits per heavy atom. The van der Waals surface area contributed by atoms with Crippen LogP contribution >= 0.6 is 0 Å². The monoisotopic (exact) mass is 428 g/mol. The second-order valence-corrected chi connectivity index (χ2v) is 7.11. The standard InChI is InChI=1S/C21H24N4O6/c1-13-18-16(23-24-20(26)14-7-9-15(10-8-14)25(28)29)5-3-6-17(18)31-19(13)21(27)22-11-4-12-30-2/h7-10H,3-6,11-12H2,1-2H3,(H,22,27)(H,24,26)/b23-16+. The number of methoxy groups -OCH3 is 1. The summed E-state index contributed by atoms with van der Waals surface area (Å²) in [5.74, 6) is 0.150. The first-order valence-electron chi connectivity index (χ1n) is 9.93. The lowest BCUT2D eigenvalue weighted by Crippen LogP contribution is -2.25. The Labute approximate surface area is 178 Å². The Hall–Kier alpha value is -3.53. The van der Waals surface area contributed by atoms with E-state index in [1.54, 1.807) is 14.0 Å². The number of nitro benzene ring substituents is 1. The van der Waals surface area contributed by atoms with Gasteiger partial charge in [-0.2, -0.15) is 5.10 Å². The number of nitro groups is 1. The molecule has 10 heteroatoms. The summed E-state index contributed by atoms with van der Waals surface area (Å²) in [4.78, 5) is 35.1. The molecule has 31 heavy (non-hydrogen) atoms. The molecule has 0 unspecified atom stereocenters. The van der Waals surface area contributed by atoms with Gasteiger partial charge in [0.05, 0.1) is 10.6 Å². The molecule has 1 aromatic carbocycles. The number of benzene rings is 1. The number of fused-ring (bicyclic) bond motifs is 1. The maximum Gasteiger partial charge on any atom is 0.287 e. The van der Waals surface area contributed by atoms with E-state index in [4.69, 9.17) is 9.15 Å². The molecule has 0 fully saturated rings. The molecule has 2 amide bonds. The molecule has 0 aliphatic heterocycles. The van der Waals surface area contributed by atoms with E-state index in [2.05, 4.69) is 15.8 Å². The van der Waals surface area contributed by atoms with E-state index in [-0.39, 0.29) is 22.9 Å². The molecule has 0 saturated heterocycles. The number of hydrogen-bond acceptors (Lipinski definition) is 7. The van der Waals surface area contributed by atoms with Crippen LogP contribution in [0.3, 0.4) is 0 Å². The van der Waals surface area contributed by atoms with E-state index in [1.165, 1.54) is 24.3 Å². The predicted octanol–water partition coefficient (Wildman–Crippen LogP) is 2.73. The van der Waals surface area contributed by atoms with Crippen molar-refractivity contribution >= 4 is 23.2 Å². The second kappa shape index (κ2) is 9.98. The van der Waals surface area contributed by atoms with Crippen molar-refractivity contribution in [3.8, 4) is 0 Å². The van der Waals surface area contributed by atoms with E-state index in [9.17, 15) is 19.7 Å². The average molecular weight is 428 g/mol. The van der Waals surface area contributed by atoms with E-state index in [0.29, 0.717) is 49.4 Å². The number of nitrogens with one attached hydrogen (secondary N) is 2. The number of non-ortho nitro benzene ring substituents is 1. The summed E-state index contributed by atoms with van der Waals surface area (Å²) in [7, 11) is 1.60. The number of amides is 2. The molecule has 2 aromatic rings. The molecule has 0 atom stereocenters. The number of aryl methyl sites for hydroxylation is 1. The zero-order valence-electron chi connectivity index (χ0n) is 17.4. The molecular formula is C21H24N4O6. The predicted molar refractivity (Wildman–Crippen MR) is 112 cm³/mol. The van der Waals surface area contributed by atoms with E-state index in [0.717, 1.165) is 12.0 Å². The number of hydrazone groups is 1. The van der Waals surface area contributed by atoms with Crippen molar-refractivity contribution in [3.05, 3.63) is 62.6 Å². The molecular weight excluding hydrogens is 404 g/mol. The third-order valence-electron chi connectivity index (χ3n) is 4.98. The summed E-state index contributed by atoms with van der Waals surface area (Å²) in [6.45, 7) is 2.83. The quantitative estimate of drug-likeness (QED) is 0.377. The van der Waals surface area contributed by atoms with Crippen molar-refractivity contribution in [2.24, 2.45) is 5.10 Å². The van der Waals surface area contributed by atoms with Crippen LogP contribution in [0.4, 0.5) is 5.69 Å². The number of nitrogens with zero attached hydrogens (tertiary/aromatic N) is 2. The molecule has 1 heterocycles. The van der Waals surface area contributed by atoms with Crippen LogP contribution in [0.5, 0.6) is 0 Å². The van der Waals surface area contributed by atoms with Crippen molar-refractivity contribution < 1.29 is 23.7 Å². The van der Waals surface area contributed by atoms with Gasteiger partial charge in [0.25, 0.3) is 17.5 Å². The third-order valence-corrected chi connectivity index (χ3v) is 4.98.